The number of hydrogen-bond donors (Lipinski definition) is 2. The number of ether oxygens (including phenoxy) is 2. The molecule has 0 saturated heterocycles. The molecule has 0 amide bonds. The van der Waals surface area contributed by atoms with Crippen molar-refractivity contribution in [1.29, 1.82) is 0 Å². The van der Waals surface area contributed by atoms with Gasteiger partial charge in [-0.05, 0) is 31.5 Å². The van der Waals surface area contributed by atoms with Gasteiger partial charge < -0.3 is 19.8 Å². The van der Waals surface area contributed by atoms with Crippen LogP contribution in [0.25, 0.3) is 16.4 Å². The van der Waals surface area contributed by atoms with E-state index >= 15 is 0 Å². The van der Waals surface area contributed by atoms with Crippen LogP contribution in [0.3, 0.4) is 0 Å². The number of hydrogen-bond acceptors (Lipinski definition) is 7. The van der Waals surface area contributed by atoms with Crippen molar-refractivity contribution in [2.75, 3.05) is 12.4 Å². The predicted octanol–water partition coefficient (Wildman–Crippen LogP) is 3.08. The number of nitrogens with zero attached hydrogens (tertiary/aromatic N) is 3. The fraction of sp³-hybridized carbons (Fsp3) is 0.158. The maximum Gasteiger partial charge on any atom is 0.513 e. The zero-order valence-corrected chi connectivity index (χ0v) is 15.4. The summed E-state index contributed by atoms with van der Waals surface area (Å²) in [6.07, 6.45) is 2.16. The first kappa shape index (κ1) is 17.5. The van der Waals surface area contributed by atoms with Crippen molar-refractivity contribution < 1.29 is 14.3 Å². The second kappa shape index (κ2) is 6.69. The Kier molecular flexibility index (Phi) is 4.19. The molecule has 0 aliphatic carbocycles. The van der Waals surface area contributed by atoms with E-state index in [0.29, 0.717) is 22.6 Å². The van der Waals surface area contributed by atoms with Crippen molar-refractivity contribution >= 4 is 34.1 Å². The third kappa shape index (κ3) is 3.02. The maximum atomic E-state index is 11.8. The minimum Gasteiger partial charge on any atom is -0.437 e. The van der Waals surface area contributed by atoms with Gasteiger partial charge in [-0.15, -0.1) is 0 Å². The number of carbonyl (C=O) groups excluding carboxylic acids is 1. The van der Waals surface area contributed by atoms with E-state index < -0.39 is 6.16 Å². The molecule has 0 bridgehead atoms. The molecule has 3 heterocycles. The van der Waals surface area contributed by atoms with Crippen molar-refractivity contribution in [2.24, 2.45) is 0 Å². The van der Waals surface area contributed by atoms with E-state index in [1.807, 2.05) is 25.1 Å². The van der Waals surface area contributed by atoms with Gasteiger partial charge in [0.1, 0.15) is 11.8 Å². The minimum atomic E-state index is -0.810. The van der Waals surface area contributed by atoms with Gasteiger partial charge in [0.05, 0.1) is 18.8 Å². The summed E-state index contributed by atoms with van der Waals surface area (Å²) < 4.78 is 11.3. The number of methoxy groups -OCH3 is 1. The van der Waals surface area contributed by atoms with Crippen LogP contribution in [0.2, 0.25) is 0 Å². The van der Waals surface area contributed by atoms with Crippen LogP contribution in [0.1, 0.15) is 11.1 Å². The van der Waals surface area contributed by atoms with Crippen LogP contribution in [0.5, 0.6) is 5.75 Å². The van der Waals surface area contributed by atoms with Gasteiger partial charge in [0.2, 0.25) is 5.56 Å². The topological polar surface area (TPSA) is 111 Å². The highest BCUT2D eigenvalue weighted by atomic mass is 16.7. The van der Waals surface area contributed by atoms with E-state index in [0.717, 1.165) is 22.2 Å². The number of carbonyl (C=O) groups is 1. The number of pyridine rings is 1. The minimum absolute atomic E-state index is 0.154. The van der Waals surface area contributed by atoms with Crippen LogP contribution in [0.15, 0.2) is 41.6 Å². The quantitative estimate of drug-likeness (QED) is 0.526. The smallest absolute Gasteiger partial charge is 0.437 e. The predicted molar refractivity (Wildman–Crippen MR) is 103 cm³/mol. The average molecular weight is 379 g/mol. The molecule has 0 saturated carbocycles. The van der Waals surface area contributed by atoms with Crippen LogP contribution >= 0.6 is 0 Å². The van der Waals surface area contributed by atoms with Gasteiger partial charge in [-0.3, -0.25) is 4.79 Å². The fourth-order valence-corrected chi connectivity index (χ4v) is 3.11. The molecule has 0 aliphatic rings. The molecular weight excluding hydrogens is 362 g/mol. The molecule has 2 N–H and O–H groups in total. The SMILES string of the molecule is COC(=O)Oc1cn2ncnc(Nc3ccc4c(C)cc(=O)[nH]c4c3)c2c1C. The zero-order chi connectivity index (χ0) is 19.8. The van der Waals surface area contributed by atoms with Crippen LogP contribution in [0.4, 0.5) is 16.3 Å². The number of benzene rings is 1. The van der Waals surface area contributed by atoms with E-state index in [1.165, 1.54) is 13.4 Å². The molecule has 1 aromatic carbocycles. The first-order valence-electron chi connectivity index (χ1n) is 8.45. The molecule has 0 radical (unpaired) electrons. The number of aryl methyl sites for hydroxylation is 2. The van der Waals surface area contributed by atoms with E-state index in [9.17, 15) is 9.59 Å². The Morgan fingerprint density at radius 1 is 1.25 bits per heavy atom. The number of rotatable bonds is 3. The number of nitrogens with one attached hydrogen (secondary N) is 2. The Bertz CT molecular complexity index is 1270. The summed E-state index contributed by atoms with van der Waals surface area (Å²) in [6.45, 7) is 3.69. The van der Waals surface area contributed by atoms with Crippen molar-refractivity contribution in [3.05, 3.63) is 58.3 Å². The van der Waals surface area contributed by atoms with Gasteiger partial charge in [-0.25, -0.2) is 14.3 Å². The molecule has 28 heavy (non-hydrogen) atoms. The lowest BCUT2D eigenvalue weighted by atomic mass is 10.1. The van der Waals surface area contributed by atoms with E-state index in [2.05, 4.69) is 25.1 Å². The van der Waals surface area contributed by atoms with Gasteiger partial charge in [0.15, 0.2) is 11.6 Å². The zero-order valence-electron chi connectivity index (χ0n) is 15.4. The molecule has 0 unspecified atom stereocenters. The van der Waals surface area contributed by atoms with Crippen LogP contribution in [-0.4, -0.2) is 32.8 Å². The molecule has 9 heteroatoms. The second-order valence-corrected chi connectivity index (χ2v) is 6.28. The highest BCUT2D eigenvalue weighted by Gasteiger charge is 2.17. The summed E-state index contributed by atoms with van der Waals surface area (Å²) in [4.78, 5) is 30.3. The second-order valence-electron chi connectivity index (χ2n) is 6.28. The maximum absolute atomic E-state index is 11.8. The van der Waals surface area contributed by atoms with E-state index in [1.54, 1.807) is 23.7 Å². The lowest BCUT2D eigenvalue weighted by molar-refractivity contribution is 0.121. The lowest BCUT2D eigenvalue weighted by Crippen LogP contribution is -2.07. The normalized spacial score (nSPS) is 11.0. The molecule has 0 atom stereocenters. The molecular formula is C19H17N5O4. The van der Waals surface area contributed by atoms with Crippen LogP contribution < -0.4 is 15.6 Å². The lowest BCUT2D eigenvalue weighted by Gasteiger charge is -2.09. The van der Waals surface area contributed by atoms with Gasteiger partial charge in [-0.2, -0.15) is 5.10 Å². The number of aromatic amines is 1. The van der Waals surface area contributed by atoms with Crippen LogP contribution in [0, 0.1) is 13.8 Å². The molecule has 3 aromatic heterocycles. The van der Waals surface area contributed by atoms with E-state index in [4.69, 9.17) is 4.74 Å². The van der Waals surface area contributed by atoms with E-state index in [-0.39, 0.29) is 5.56 Å². The average Bonchev–Trinajstić information content (AvgIpc) is 2.97. The summed E-state index contributed by atoms with van der Waals surface area (Å²) in [7, 11) is 1.24. The Hall–Kier alpha value is -3.88. The fourth-order valence-electron chi connectivity index (χ4n) is 3.11. The molecule has 0 fully saturated rings. The largest absolute Gasteiger partial charge is 0.513 e. The molecule has 4 aromatic rings. The number of H-pyrrole nitrogens is 1. The number of anilines is 2. The third-order valence-corrected chi connectivity index (χ3v) is 4.45. The Morgan fingerprint density at radius 2 is 2.07 bits per heavy atom. The summed E-state index contributed by atoms with van der Waals surface area (Å²) in [5.74, 6) is 0.857. The van der Waals surface area contributed by atoms with Gasteiger partial charge in [-0.1, -0.05) is 6.07 Å². The van der Waals surface area contributed by atoms with Crippen molar-refractivity contribution in [3.8, 4) is 5.75 Å². The number of aromatic nitrogens is 4. The first-order valence-corrected chi connectivity index (χ1v) is 8.45. The van der Waals surface area contributed by atoms with Gasteiger partial charge in [0.25, 0.3) is 0 Å². The van der Waals surface area contributed by atoms with Crippen molar-refractivity contribution in [1.82, 2.24) is 19.6 Å². The van der Waals surface area contributed by atoms with Crippen molar-refractivity contribution in [2.45, 2.75) is 13.8 Å². The Balaban J connectivity index is 1.76. The Morgan fingerprint density at radius 3 is 2.86 bits per heavy atom. The molecule has 0 spiro atoms. The molecule has 9 nitrogen and oxygen atoms in total. The molecule has 4 rings (SSSR count). The first-order chi connectivity index (χ1) is 13.5. The van der Waals surface area contributed by atoms with Crippen molar-refractivity contribution in [3.63, 3.8) is 0 Å². The highest BCUT2D eigenvalue weighted by molar-refractivity contribution is 5.87. The molecule has 0 aliphatic heterocycles. The third-order valence-electron chi connectivity index (χ3n) is 4.45. The summed E-state index contributed by atoms with van der Waals surface area (Å²) in [5, 5.41) is 8.35. The van der Waals surface area contributed by atoms with Gasteiger partial charge in [0, 0.05) is 22.7 Å². The summed E-state index contributed by atoms with van der Waals surface area (Å²) >= 11 is 0. The van der Waals surface area contributed by atoms with Crippen LogP contribution in [-0.2, 0) is 4.74 Å². The summed E-state index contributed by atoms with van der Waals surface area (Å²) in [5.41, 5.74) is 3.55. The standard InChI is InChI=1S/C19H17N5O4/c1-10-6-16(25)23-14-7-12(4-5-13(10)14)22-18-17-11(2)15(28-19(26)27-3)8-24(17)21-9-20-18/h4-9H,1-3H3,(H,23,25)(H,20,21,22). The summed E-state index contributed by atoms with van der Waals surface area (Å²) in [6, 6.07) is 7.23. The van der Waals surface area contributed by atoms with Gasteiger partial charge >= 0.3 is 6.16 Å². The highest BCUT2D eigenvalue weighted by Crippen LogP contribution is 2.30. The number of fused-ring (bicyclic) bond motifs is 2. The Labute approximate surface area is 158 Å². The monoisotopic (exact) mass is 379 g/mol. The molecule has 142 valence electrons.